The number of halogens is 1. The fraction of sp³-hybridized carbons (Fsp3) is 0.270. The van der Waals surface area contributed by atoms with Gasteiger partial charge in [-0.1, -0.05) is 75.2 Å². The molecule has 0 radical (unpaired) electrons. The van der Waals surface area contributed by atoms with Gasteiger partial charge in [0.25, 0.3) is 0 Å². The second-order valence-corrected chi connectivity index (χ2v) is 9.29. The number of carboxylic acid groups (broad SMARTS) is 1. The normalized spacial score (nSPS) is 9.09. The van der Waals surface area contributed by atoms with Crippen LogP contribution in [0.15, 0.2) is 103 Å². The Labute approximate surface area is 271 Å². The molecule has 3 rings (SSSR count). The van der Waals surface area contributed by atoms with E-state index in [-0.39, 0.29) is 24.7 Å². The lowest BCUT2D eigenvalue weighted by molar-refractivity contribution is -0.141. The van der Waals surface area contributed by atoms with Crippen LogP contribution in [0.4, 0.5) is 4.39 Å². The zero-order chi connectivity index (χ0) is 34.7. The van der Waals surface area contributed by atoms with Crippen LogP contribution >= 0.6 is 0 Å². The Hall–Kier alpha value is -5.20. The number of benzene rings is 3. The highest BCUT2D eigenvalue weighted by atomic mass is 19.1. The lowest BCUT2D eigenvalue weighted by Gasteiger charge is -2.06. The average Bonchev–Trinajstić information content (AvgIpc) is 3.06. The third kappa shape index (κ3) is 19.9. The lowest BCUT2D eigenvalue weighted by atomic mass is 10.0. The molecule has 46 heavy (non-hydrogen) atoms. The molecule has 246 valence electrons. The Balaban J connectivity index is 0.000000860. The number of carbonyl (C=O) groups is 3. The van der Waals surface area contributed by atoms with E-state index in [1.165, 1.54) is 6.07 Å². The summed E-state index contributed by atoms with van der Waals surface area (Å²) in [5, 5.41) is 16.8. The first-order valence-corrected chi connectivity index (χ1v) is 14.5. The third-order valence-electron chi connectivity index (χ3n) is 5.15. The summed E-state index contributed by atoms with van der Waals surface area (Å²) in [6.07, 6.45) is 1.74. The molecule has 0 aliphatic heterocycles. The van der Waals surface area contributed by atoms with Crippen LogP contribution in [0.25, 0.3) is 0 Å². The molecule has 0 aliphatic carbocycles. The van der Waals surface area contributed by atoms with Gasteiger partial charge in [-0.2, -0.15) is 4.39 Å². The monoisotopic (exact) mass is 634 g/mol. The molecular weight excluding hydrogens is 591 g/mol. The van der Waals surface area contributed by atoms with E-state index in [0.717, 1.165) is 29.5 Å². The van der Waals surface area contributed by atoms with Crippen LogP contribution in [0.1, 0.15) is 60.7 Å². The van der Waals surface area contributed by atoms with Gasteiger partial charge in [-0.15, -0.1) is 0 Å². The van der Waals surface area contributed by atoms with Gasteiger partial charge in [0.15, 0.2) is 0 Å². The zero-order valence-electron chi connectivity index (χ0n) is 26.9. The van der Waals surface area contributed by atoms with Crippen molar-refractivity contribution in [3.8, 4) is 17.6 Å². The van der Waals surface area contributed by atoms with Crippen LogP contribution in [0.2, 0.25) is 0 Å². The molecular formula is C37H43FO8. The molecule has 0 aliphatic rings. The predicted octanol–water partition coefficient (Wildman–Crippen LogP) is 7.09. The van der Waals surface area contributed by atoms with Crippen LogP contribution in [0, 0.1) is 18.8 Å². The van der Waals surface area contributed by atoms with E-state index in [0.29, 0.717) is 24.5 Å². The zero-order valence-corrected chi connectivity index (χ0v) is 26.9. The number of aliphatic hydroxyl groups is 1. The molecule has 8 nitrogen and oxygen atoms in total. The number of carboxylic acids is 1. The summed E-state index contributed by atoms with van der Waals surface area (Å²) >= 11 is 0. The molecule has 0 fully saturated rings. The SMILES string of the molecule is C=C(C)C(=O)OCCC.C=C(F)C(=O)OCCOc1ccc(C#Cc2ccc(C(=O)O)cc2C)cc1.CCCO.c1ccccc1. The summed E-state index contributed by atoms with van der Waals surface area (Å²) in [7, 11) is 0. The minimum absolute atomic E-state index is 0.0825. The van der Waals surface area contributed by atoms with Crippen LogP contribution in [-0.4, -0.2) is 54.5 Å². The molecule has 0 unspecified atom stereocenters. The molecule has 0 spiro atoms. The maximum absolute atomic E-state index is 12.4. The molecule has 0 heterocycles. The first-order chi connectivity index (χ1) is 22.0. The molecule has 0 atom stereocenters. The number of hydrogen-bond acceptors (Lipinski definition) is 7. The van der Waals surface area contributed by atoms with E-state index in [1.807, 2.05) is 50.2 Å². The number of carbonyl (C=O) groups excluding carboxylic acids is 2. The fourth-order valence-corrected chi connectivity index (χ4v) is 2.79. The molecule has 2 N–H and O–H groups in total. The predicted molar refractivity (Wildman–Crippen MR) is 177 cm³/mol. The van der Waals surface area contributed by atoms with E-state index >= 15 is 0 Å². The number of aromatic carboxylic acids is 1. The number of rotatable bonds is 10. The number of aryl methyl sites for hydroxylation is 1. The summed E-state index contributed by atoms with van der Waals surface area (Å²) in [4.78, 5) is 32.4. The van der Waals surface area contributed by atoms with E-state index in [2.05, 4.69) is 29.7 Å². The maximum Gasteiger partial charge on any atom is 0.366 e. The molecule has 0 bridgehead atoms. The summed E-state index contributed by atoms with van der Waals surface area (Å²) in [5.74, 6) is 3.04. The Morgan fingerprint density at radius 2 is 1.35 bits per heavy atom. The van der Waals surface area contributed by atoms with Gasteiger partial charge in [-0.05, 0) is 74.7 Å². The van der Waals surface area contributed by atoms with Crippen molar-refractivity contribution in [2.24, 2.45) is 0 Å². The summed E-state index contributed by atoms with van der Waals surface area (Å²) in [6, 6.07) is 23.7. The topological polar surface area (TPSA) is 119 Å². The minimum Gasteiger partial charge on any atom is -0.490 e. The van der Waals surface area contributed by atoms with Crippen molar-refractivity contribution in [1.29, 1.82) is 0 Å². The van der Waals surface area contributed by atoms with Crippen molar-refractivity contribution in [2.45, 2.75) is 40.5 Å². The summed E-state index contributed by atoms with van der Waals surface area (Å²) in [6.45, 7) is 14.4. The molecule has 3 aromatic carbocycles. The van der Waals surface area contributed by atoms with Gasteiger partial charge in [0, 0.05) is 23.3 Å². The van der Waals surface area contributed by atoms with E-state index in [9.17, 15) is 18.8 Å². The van der Waals surface area contributed by atoms with Crippen LogP contribution in [-0.2, 0) is 19.1 Å². The van der Waals surface area contributed by atoms with Gasteiger partial charge >= 0.3 is 17.9 Å². The Kier molecular flexibility index (Phi) is 22.3. The van der Waals surface area contributed by atoms with Gasteiger partial charge in [0.1, 0.15) is 19.0 Å². The van der Waals surface area contributed by atoms with Crippen molar-refractivity contribution in [3.05, 3.63) is 126 Å². The first-order valence-electron chi connectivity index (χ1n) is 14.5. The van der Waals surface area contributed by atoms with Crippen LogP contribution in [0.3, 0.4) is 0 Å². The van der Waals surface area contributed by atoms with Crippen LogP contribution < -0.4 is 4.74 Å². The Morgan fingerprint density at radius 1 is 0.804 bits per heavy atom. The molecule has 3 aromatic rings. The highest BCUT2D eigenvalue weighted by Crippen LogP contribution is 2.13. The van der Waals surface area contributed by atoms with E-state index in [4.69, 9.17) is 19.7 Å². The second kappa shape index (κ2) is 25.2. The van der Waals surface area contributed by atoms with Gasteiger partial charge < -0.3 is 24.4 Å². The largest absolute Gasteiger partial charge is 0.490 e. The third-order valence-corrected chi connectivity index (χ3v) is 5.15. The van der Waals surface area contributed by atoms with E-state index in [1.54, 1.807) is 50.2 Å². The molecule has 0 saturated heterocycles. The van der Waals surface area contributed by atoms with Crippen molar-refractivity contribution in [1.82, 2.24) is 0 Å². The summed E-state index contributed by atoms with van der Waals surface area (Å²) in [5.41, 5.74) is 2.97. The molecule has 0 amide bonds. The number of hydrogen-bond donors (Lipinski definition) is 2. The smallest absolute Gasteiger partial charge is 0.366 e. The highest BCUT2D eigenvalue weighted by Gasteiger charge is 2.07. The van der Waals surface area contributed by atoms with Gasteiger partial charge in [-0.25, -0.2) is 14.4 Å². The van der Waals surface area contributed by atoms with Crippen molar-refractivity contribution >= 4 is 17.9 Å². The molecule has 0 saturated carbocycles. The number of ether oxygens (including phenoxy) is 3. The number of aliphatic hydroxyl groups excluding tert-OH is 1. The van der Waals surface area contributed by atoms with Crippen molar-refractivity contribution in [3.63, 3.8) is 0 Å². The summed E-state index contributed by atoms with van der Waals surface area (Å²) < 4.78 is 27.1. The highest BCUT2D eigenvalue weighted by molar-refractivity contribution is 5.88. The first kappa shape index (κ1) is 40.8. The van der Waals surface area contributed by atoms with Crippen molar-refractivity contribution in [2.75, 3.05) is 26.4 Å². The average molecular weight is 635 g/mol. The van der Waals surface area contributed by atoms with E-state index < -0.39 is 17.8 Å². The molecule has 9 heteroatoms. The molecule has 0 aromatic heterocycles. The van der Waals surface area contributed by atoms with Crippen LogP contribution in [0.5, 0.6) is 5.75 Å². The quantitative estimate of drug-likeness (QED) is 0.105. The van der Waals surface area contributed by atoms with Gasteiger partial charge in [-0.3, -0.25) is 0 Å². The lowest BCUT2D eigenvalue weighted by Crippen LogP contribution is -2.12. The Morgan fingerprint density at radius 3 is 1.78 bits per heavy atom. The maximum atomic E-state index is 12.4. The second-order valence-electron chi connectivity index (χ2n) is 9.29. The Bertz CT molecular complexity index is 1390. The standard InChI is InChI=1S/C21H17FO5.C7H12O2.C6H6.C3H8O/c1-14-13-18(20(23)24)8-7-17(14)6-3-16-4-9-19(10-5-16)26-11-12-27-21(25)15(2)22;1-4-5-9-7(8)6(2)3;1-2-4-6-5-3-1;1-2-3-4/h4-5,7-10,13H,2,11-12H2,1H3,(H,23,24);2,4-5H2,1,3H3;1-6H;4H,2-3H2,1H3. The van der Waals surface area contributed by atoms with Crippen molar-refractivity contribution < 1.29 is 43.2 Å². The van der Waals surface area contributed by atoms with Gasteiger partial charge in [0.05, 0.1) is 12.2 Å². The van der Waals surface area contributed by atoms with Gasteiger partial charge in [0.2, 0.25) is 5.83 Å². The minimum atomic E-state index is -1.15. The fourth-order valence-electron chi connectivity index (χ4n) is 2.79. The number of esters is 2.